The predicted molar refractivity (Wildman–Crippen MR) is 59.1 cm³/mol. The summed E-state index contributed by atoms with van der Waals surface area (Å²) in [5.41, 5.74) is 0.171. The van der Waals surface area contributed by atoms with Crippen LogP contribution in [0.2, 0.25) is 0 Å². The van der Waals surface area contributed by atoms with E-state index < -0.39 is 17.5 Å². The second-order valence-electron chi connectivity index (χ2n) is 4.13. The lowest BCUT2D eigenvalue weighted by Crippen LogP contribution is -2.10. The Bertz CT molecular complexity index is 364. The standard InChI is InChI=1S/C12H14ClF3/c1-7(2)9(13)5-3-8-4-6-10(14)12(16)11(8)15/h4,6-7,9H,3,5H2,1-2H3. The first-order valence-corrected chi connectivity index (χ1v) is 5.63. The lowest BCUT2D eigenvalue weighted by atomic mass is 10.0. The lowest BCUT2D eigenvalue weighted by Gasteiger charge is -2.13. The molecule has 0 saturated carbocycles. The lowest BCUT2D eigenvalue weighted by molar-refractivity contribution is 0.438. The van der Waals surface area contributed by atoms with Crippen LogP contribution in [-0.2, 0) is 6.42 Å². The van der Waals surface area contributed by atoms with Gasteiger partial charge in [0.2, 0.25) is 0 Å². The minimum atomic E-state index is -1.41. The smallest absolute Gasteiger partial charge is 0.194 e. The predicted octanol–water partition coefficient (Wildman–Crippen LogP) is 4.30. The molecule has 0 saturated heterocycles. The zero-order valence-corrected chi connectivity index (χ0v) is 9.99. The number of hydrogen-bond donors (Lipinski definition) is 0. The van der Waals surface area contributed by atoms with E-state index in [2.05, 4.69) is 0 Å². The van der Waals surface area contributed by atoms with Crippen LogP contribution in [0.1, 0.15) is 25.8 Å². The average molecular weight is 251 g/mol. The highest BCUT2D eigenvalue weighted by molar-refractivity contribution is 6.20. The molecule has 1 aromatic carbocycles. The quantitative estimate of drug-likeness (QED) is 0.552. The Balaban J connectivity index is 2.72. The van der Waals surface area contributed by atoms with Crippen LogP contribution in [-0.4, -0.2) is 5.38 Å². The van der Waals surface area contributed by atoms with Crippen molar-refractivity contribution < 1.29 is 13.2 Å². The van der Waals surface area contributed by atoms with Crippen LogP contribution in [0.3, 0.4) is 0 Å². The summed E-state index contributed by atoms with van der Waals surface area (Å²) in [6, 6.07) is 2.20. The molecule has 0 aliphatic rings. The summed E-state index contributed by atoms with van der Waals surface area (Å²) in [5, 5.41) is -0.0903. The first-order chi connectivity index (χ1) is 7.43. The molecular formula is C12H14ClF3. The van der Waals surface area contributed by atoms with Crippen LogP contribution in [0.5, 0.6) is 0 Å². The van der Waals surface area contributed by atoms with Gasteiger partial charge in [0.15, 0.2) is 17.5 Å². The molecule has 16 heavy (non-hydrogen) atoms. The highest BCUT2D eigenvalue weighted by Gasteiger charge is 2.15. The van der Waals surface area contributed by atoms with E-state index in [4.69, 9.17) is 11.6 Å². The van der Waals surface area contributed by atoms with Gasteiger partial charge in [0.25, 0.3) is 0 Å². The Kier molecular flexibility index (Phi) is 4.66. The van der Waals surface area contributed by atoms with E-state index in [0.717, 1.165) is 6.07 Å². The van der Waals surface area contributed by atoms with Crippen LogP contribution in [0.25, 0.3) is 0 Å². The monoisotopic (exact) mass is 250 g/mol. The molecule has 0 radical (unpaired) electrons. The largest absolute Gasteiger partial charge is 0.204 e. The molecule has 90 valence electrons. The van der Waals surface area contributed by atoms with Crippen LogP contribution in [0, 0.1) is 23.4 Å². The van der Waals surface area contributed by atoms with E-state index in [1.807, 2.05) is 13.8 Å². The number of benzene rings is 1. The van der Waals surface area contributed by atoms with E-state index in [0.29, 0.717) is 12.8 Å². The van der Waals surface area contributed by atoms with Gasteiger partial charge >= 0.3 is 0 Å². The molecule has 0 fully saturated rings. The van der Waals surface area contributed by atoms with Gasteiger partial charge in [-0.3, -0.25) is 0 Å². The van der Waals surface area contributed by atoms with Crippen LogP contribution >= 0.6 is 11.6 Å². The highest BCUT2D eigenvalue weighted by Crippen LogP contribution is 2.20. The van der Waals surface area contributed by atoms with E-state index in [-0.39, 0.29) is 16.9 Å². The maximum absolute atomic E-state index is 13.3. The van der Waals surface area contributed by atoms with E-state index in [1.54, 1.807) is 0 Å². The normalized spacial score (nSPS) is 13.2. The average Bonchev–Trinajstić information content (AvgIpc) is 2.24. The van der Waals surface area contributed by atoms with Gasteiger partial charge in [0, 0.05) is 5.38 Å². The van der Waals surface area contributed by atoms with Gasteiger partial charge in [-0.2, -0.15) is 0 Å². The Morgan fingerprint density at radius 1 is 1.12 bits per heavy atom. The molecule has 0 amide bonds. The second kappa shape index (κ2) is 5.58. The van der Waals surface area contributed by atoms with Crippen molar-refractivity contribution in [3.63, 3.8) is 0 Å². The molecule has 0 aliphatic carbocycles. The maximum atomic E-state index is 13.3. The Labute approximate surface area is 98.4 Å². The number of hydrogen-bond acceptors (Lipinski definition) is 0. The number of aryl methyl sites for hydroxylation is 1. The molecule has 0 aromatic heterocycles. The molecular weight excluding hydrogens is 237 g/mol. The summed E-state index contributed by atoms with van der Waals surface area (Å²) in [7, 11) is 0. The molecule has 0 aliphatic heterocycles. The Morgan fingerprint density at radius 2 is 1.75 bits per heavy atom. The topological polar surface area (TPSA) is 0 Å². The molecule has 0 nitrogen and oxygen atoms in total. The van der Waals surface area contributed by atoms with Gasteiger partial charge in [-0.05, 0) is 30.4 Å². The summed E-state index contributed by atoms with van der Waals surface area (Å²) in [6.07, 6.45) is 0.858. The minimum absolute atomic E-state index is 0.0903. The SMILES string of the molecule is CC(C)C(Cl)CCc1ccc(F)c(F)c1F. The van der Waals surface area contributed by atoms with Crippen molar-refractivity contribution in [1.82, 2.24) is 0 Å². The summed E-state index contributed by atoms with van der Waals surface area (Å²) < 4.78 is 38.8. The van der Waals surface area contributed by atoms with Crippen molar-refractivity contribution in [3.8, 4) is 0 Å². The number of rotatable bonds is 4. The molecule has 0 bridgehead atoms. The summed E-state index contributed by atoms with van der Waals surface area (Å²) in [6.45, 7) is 3.92. The summed E-state index contributed by atoms with van der Waals surface area (Å²) in [4.78, 5) is 0. The first kappa shape index (κ1) is 13.4. The van der Waals surface area contributed by atoms with Gasteiger partial charge in [-0.1, -0.05) is 19.9 Å². The van der Waals surface area contributed by atoms with Gasteiger partial charge in [0.05, 0.1) is 0 Å². The maximum Gasteiger partial charge on any atom is 0.194 e. The van der Waals surface area contributed by atoms with Crippen molar-refractivity contribution in [3.05, 3.63) is 35.1 Å². The van der Waals surface area contributed by atoms with Gasteiger partial charge < -0.3 is 0 Å². The van der Waals surface area contributed by atoms with Crippen molar-refractivity contribution in [2.24, 2.45) is 5.92 Å². The van der Waals surface area contributed by atoms with Crippen LogP contribution in [0.4, 0.5) is 13.2 Å². The van der Waals surface area contributed by atoms with Gasteiger partial charge in [-0.25, -0.2) is 13.2 Å². The van der Waals surface area contributed by atoms with Crippen molar-refractivity contribution in [1.29, 1.82) is 0 Å². The van der Waals surface area contributed by atoms with E-state index >= 15 is 0 Å². The zero-order valence-electron chi connectivity index (χ0n) is 9.24. The molecule has 0 N–H and O–H groups in total. The first-order valence-electron chi connectivity index (χ1n) is 5.20. The molecule has 1 unspecified atom stereocenters. The fourth-order valence-corrected chi connectivity index (χ4v) is 1.49. The van der Waals surface area contributed by atoms with Crippen molar-refractivity contribution in [2.75, 3.05) is 0 Å². The van der Waals surface area contributed by atoms with Crippen LogP contribution in [0.15, 0.2) is 12.1 Å². The third-order valence-electron chi connectivity index (χ3n) is 2.53. The number of alkyl halides is 1. The van der Waals surface area contributed by atoms with E-state index in [9.17, 15) is 13.2 Å². The van der Waals surface area contributed by atoms with Crippen LogP contribution < -0.4 is 0 Å². The molecule has 1 rings (SSSR count). The summed E-state index contributed by atoms with van der Waals surface area (Å²) in [5.74, 6) is -3.40. The summed E-state index contributed by atoms with van der Waals surface area (Å²) >= 11 is 6.00. The molecule has 1 aromatic rings. The van der Waals surface area contributed by atoms with Crippen molar-refractivity contribution >= 4 is 11.6 Å². The molecule has 0 spiro atoms. The van der Waals surface area contributed by atoms with Crippen molar-refractivity contribution in [2.45, 2.75) is 32.1 Å². The minimum Gasteiger partial charge on any atom is -0.204 e. The fourth-order valence-electron chi connectivity index (χ4n) is 1.39. The highest BCUT2D eigenvalue weighted by atomic mass is 35.5. The third-order valence-corrected chi connectivity index (χ3v) is 3.25. The van der Waals surface area contributed by atoms with E-state index in [1.165, 1.54) is 6.07 Å². The fraction of sp³-hybridized carbons (Fsp3) is 0.500. The zero-order chi connectivity index (χ0) is 12.3. The van der Waals surface area contributed by atoms with Gasteiger partial charge in [-0.15, -0.1) is 11.6 Å². The number of halogens is 4. The van der Waals surface area contributed by atoms with Gasteiger partial charge in [0.1, 0.15) is 0 Å². The third kappa shape index (κ3) is 3.14. The second-order valence-corrected chi connectivity index (χ2v) is 4.69. The Morgan fingerprint density at radius 3 is 2.31 bits per heavy atom. The molecule has 4 heteroatoms. The molecule has 1 atom stereocenters. The molecule has 0 heterocycles. The Hall–Kier alpha value is -0.700.